The number of nitrogens with zero attached hydrogens (tertiary/aromatic N) is 1. The molecule has 100 valence electrons. The van der Waals surface area contributed by atoms with Crippen molar-refractivity contribution in [3.63, 3.8) is 0 Å². The molecule has 4 heteroatoms. The summed E-state index contributed by atoms with van der Waals surface area (Å²) in [6, 6.07) is 10.9. The molecule has 0 amide bonds. The molecule has 0 atom stereocenters. The second kappa shape index (κ2) is 7.26. The standard InChI is InChI=1S/C15H17FN2S/c1-2-9-17-11-12-13(16)6-5-7-14(12)19-15-8-3-4-10-18-15/h3-8,10,17H,2,9,11H2,1H3. The Balaban J connectivity index is 2.17. The predicted molar refractivity (Wildman–Crippen MR) is 76.8 cm³/mol. The van der Waals surface area contributed by atoms with Crippen molar-refractivity contribution < 1.29 is 4.39 Å². The smallest absolute Gasteiger partial charge is 0.128 e. The van der Waals surface area contributed by atoms with E-state index in [4.69, 9.17) is 0 Å². The van der Waals surface area contributed by atoms with Crippen LogP contribution in [0.1, 0.15) is 18.9 Å². The zero-order valence-electron chi connectivity index (χ0n) is 10.9. The summed E-state index contributed by atoms with van der Waals surface area (Å²) in [7, 11) is 0. The molecular formula is C15H17FN2S. The van der Waals surface area contributed by atoms with E-state index in [0.717, 1.165) is 22.9 Å². The maximum absolute atomic E-state index is 13.9. The summed E-state index contributed by atoms with van der Waals surface area (Å²) in [6.45, 7) is 3.54. The van der Waals surface area contributed by atoms with Crippen LogP contribution in [-0.2, 0) is 6.54 Å². The van der Waals surface area contributed by atoms with Gasteiger partial charge < -0.3 is 5.32 Å². The number of benzene rings is 1. The SMILES string of the molecule is CCCNCc1c(F)cccc1Sc1ccccn1. The Morgan fingerprint density at radius 1 is 1.21 bits per heavy atom. The summed E-state index contributed by atoms with van der Waals surface area (Å²) in [5.41, 5.74) is 0.714. The van der Waals surface area contributed by atoms with Crippen molar-refractivity contribution in [3.8, 4) is 0 Å². The maximum Gasteiger partial charge on any atom is 0.128 e. The number of hydrogen-bond donors (Lipinski definition) is 1. The van der Waals surface area contributed by atoms with Gasteiger partial charge in [0, 0.05) is 23.2 Å². The molecule has 0 spiro atoms. The number of nitrogens with one attached hydrogen (secondary N) is 1. The number of hydrogen-bond acceptors (Lipinski definition) is 3. The fourth-order valence-electron chi connectivity index (χ4n) is 1.72. The number of rotatable bonds is 6. The molecule has 0 saturated carbocycles. The van der Waals surface area contributed by atoms with E-state index < -0.39 is 0 Å². The lowest BCUT2D eigenvalue weighted by Gasteiger charge is -2.10. The normalized spacial score (nSPS) is 10.6. The van der Waals surface area contributed by atoms with Gasteiger partial charge in [-0.1, -0.05) is 30.8 Å². The van der Waals surface area contributed by atoms with Crippen LogP contribution in [0.3, 0.4) is 0 Å². The lowest BCUT2D eigenvalue weighted by Crippen LogP contribution is -2.15. The van der Waals surface area contributed by atoms with Gasteiger partial charge in [-0.15, -0.1) is 0 Å². The Hall–Kier alpha value is -1.39. The van der Waals surface area contributed by atoms with Crippen molar-refractivity contribution in [1.82, 2.24) is 10.3 Å². The van der Waals surface area contributed by atoms with Gasteiger partial charge in [0.25, 0.3) is 0 Å². The van der Waals surface area contributed by atoms with Gasteiger partial charge in [0.1, 0.15) is 10.8 Å². The van der Waals surface area contributed by atoms with Crippen molar-refractivity contribution in [2.24, 2.45) is 0 Å². The van der Waals surface area contributed by atoms with Crippen molar-refractivity contribution >= 4 is 11.8 Å². The fraction of sp³-hybridized carbons (Fsp3) is 0.267. The molecule has 19 heavy (non-hydrogen) atoms. The van der Waals surface area contributed by atoms with Crippen molar-refractivity contribution in [1.29, 1.82) is 0 Å². The molecular weight excluding hydrogens is 259 g/mol. The average Bonchev–Trinajstić information content (AvgIpc) is 2.43. The minimum atomic E-state index is -0.162. The van der Waals surface area contributed by atoms with E-state index in [-0.39, 0.29) is 5.82 Å². The van der Waals surface area contributed by atoms with Gasteiger partial charge >= 0.3 is 0 Å². The molecule has 0 fully saturated rings. The molecule has 0 radical (unpaired) electrons. The summed E-state index contributed by atoms with van der Waals surface area (Å²) in [5.74, 6) is -0.162. The Kier molecular flexibility index (Phi) is 5.36. The molecule has 2 nitrogen and oxygen atoms in total. The molecule has 1 N–H and O–H groups in total. The summed E-state index contributed by atoms with van der Waals surface area (Å²) >= 11 is 1.50. The van der Waals surface area contributed by atoms with Crippen LogP contribution in [0.4, 0.5) is 4.39 Å². The quantitative estimate of drug-likeness (QED) is 0.811. The Bertz CT molecular complexity index is 517. The zero-order chi connectivity index (χ0) is 13.5. The van der Waals surface area contributed by atoms with Crippen molar-refractivity contribution in [2.75, 3.05) is 6.54 Å². The first kappa shape index (κ1) is 14.0. The van der Waals surface area contributed by atoms with Gasteiger partial charge in [-0.05, 0) is 37.2 Å². The third kappa shape index (κ3) is 4.04. The van der Waals surface area contributed by atoms with Crippen LogP contribution in [0.15, 0.2) is 52.5 Å². The molecule has 2 rings (SSSR count). The second-order valence-electron chi connectivity index (χ2n) is 4.16. The first-order chi connectivity index (χ1) is 9.31. The lowest BCUT2D eigenvalue weighted by atomic mass is 10.2. The molecule has 0 bridgehead atoms. The zero-order valence-corrected chi connectivity index (χ0v) is 11.7. The highest BCUT2D eigenvalue weighted by Gasteiger charge is 2.09. The fourth-order valence-corrected chi connectivity index (χ4v) is 2.64. The predicted octanol–water partition coefficient (Wildman–Crippen LogP) is 3.87. The topological polar surface area (TPSA) is 24.9 Å². The van der Waals surface area contributed by atoms with E-state index in [0.29, 0.717) is 12.1 Å². The van der Waals surface area contributed by atoms with Gasteiger partial charge in [-0.3, -0.25) is 0 Å². The largest absolute Gasteiger partial charge is 0.313 e. The van der Waals surface area contributed by atoms with Gasteiger partial charge in [0.15, 0.2) is 0 Å². The van der Waals surface area contributed by atoms with Crippen LogP contribution >= 0.6 is 11.8 Å². The Morgan fingerprint density at radius 3 is 2.84 bits per heavy atom. The van der Waals surface area contributed by atoms with E-state index in [1.807, 2.05) is 24.3 Å². The highest BCUT2D eigenvalue weighted by atomic mass is 32.2. The first-order valence-electron chi connectivity index (χ1n) is 6.38. The van der Waals surface area contributed by atoms with Crippen molar-refractivity contribution in [3.05, 3.63) is 54.0 Å². The molecule has 0 saturated heterocycles. The summed E-state index contributed by atoms with van der Waals surface area (Å²) < 4.78 is 13.9. The Labute approximate surface area is 117 Å². The highest BCUT2D eigenvalue weighted by Crippen LogP contribution is 2.30. The summed E-state index contributed by atoms with van der Waals surface area (Å²) in [4.78, 5) is 5.18. The average molecular weight is 276 g/mol. The van der Waals surface area contributed by atoms with Crippen LogP contribution in [0.25, 0.3) is 0 Å². The van der Waals surface area contributed by atoms with Gasteiger partial charge in [0.05, 0.1) is 0 Å². The van der Waals surface area contributed by atoms with E-state index in [1.165, 1.54) is 17.8 Å². The first-order valence-corrected chi connectivity index (χ1v) is 7.20. The van der Waals surface area contributed by atoms with Crippen molar-refractivity contribution in [2.45, 2.75) is 29.8 Å². The van der Waals surface area contributed by atoms with E-state index in [1.54, 1.807) is 12.3 Å². The van der Waals surface area contributed by atoms with Crippen LogP contribution in [0.5, 0.6) is 0 Å². The molecule has 0 unspecified atom stereocenters. The van der Waals surface area contributed by atoms with Crippen LogP contribution in [0, 0.1) is 5.82 Å². The van der Waals surface area contributed by atoms with Crippen LogP contribution < -0.4 is 5.32 Å². The molecule has 1 aromatic carbocycles. The van der Waals surface area contributed by atoms with Gasteiger partial charge in [0.2, 0.25) is 0 Å². The maximum atomic E-state index is 13.9. The minimum Gasteiger partial charge on any atom is -0.313 e. The highest BCUT2D eigenvalue weighted by molar-refractivity contribution is 7.99. The molecule has 0 aliphatic carbocycles. The molecule has 0 aliphatic rings. The van der Waals surface area contributed by atoms with E-state index in [2.05, 4.69) is 17.2 Å². The lowest BCUT2D eigenvalue weighted by molar-refractivity contribution is 0.578. The minimum absolute atomic E-state index is 0.162. The van der Waals surface area contributed by atoms with E-state index in [9.17, 15) is 4.39 Å². The van der Waals surface area contributed by atoms with E-state index >= 15 is 0 Å². The van der Waals surface area contributed by atoms with Crippen LogP contribution in [0.2, 0.25) is 0 Å². The van der Waals surface area contributed by atoms with Gasteiger partial charge in [-0.2, -0.15) is 0 Å². The van der Waals surface area contributed by atoms with Gasteiger partial charge in [-0.25, -0.2) is 9.37 Å². The molecule has 0 aliphatic heterocycles. The molecule has 1 aromatic heterocycles. The summed E-state index contributed by atoms with van der Waals surface area (Å²) in [5, 5.41) is 4.12. The summed E-state index contributed by atoms with van der Waals surface area (Å²) in [6.07, 6.45) is 2.79. The number of halogens is 1. The molecule has 1 heterocycles. The third-order valence-electron chi connectivity index (χ3n) is 2.66. The third-order valence-corrected chi connectivity index (χ3v) is 3.71. The van der Waals surface area contributed by atoms with Crippen LogP contribution in [-0.4, -0.2) is 11.5 Å². The monoisotopic (exact) mass is 276 g/mol. The Morgan fingerprint density at radius 2 is 2.11 bits per heavy atom. The number of pyridine rings is 1. The second-order valence-corrected chi connectivity index (χ2v) is 5.23. The molecule has 2 aromatic rings. The number of aromatic nitrogens is 1.